The van der Waals surface area contributed by atoms with Gasteiger partial charge in [-0.05, 0) is 36.8 Å². The zero-order valence-corrected chi connectivity index (χ0v) is 16.2. The van der Waals surface area contributed by atoms with Gasteiger partial charge in [-0.1, -0.05) is 19.9 Å². The second-order valence-electron chi connectivity index (χ2n) is 8.50. The zero-order chi connectivity index (χ0) is 19.2. The highest BCUT2D eigenvalue weighted by Crippen LogP contribution is 2.41. The molecule has 27 heavy (non-hydrogen) atoms. The van der Waals surface area contributed by atoms with Gasteiger partial charge in [0, 0.05) is 26.1 Å². The predicted molar refractivity (Wildman–Crippen MR) is 101 cm³/mol. The van der Waals surface area contributed by atoms with E-state index in [2.05, 4.69) is 18.8 Å². The first-order valence-corrected chi connectivity index (χ1v) is 9.65. The topological polar surface area (TPSA) is 68.1 Å². The van der Waals surface area contributed by atoms with Crippen molar-refractivity contribution in [3.8, 4) is 0 Å². The number of aromatic nitrogens is 3. The molecule has 2 aromatic rings. The van der Waals surface area contributed by atoms with Crippen molar-refractivity contribution in [2.24, 2.45) is 5.41 Å². The highest BCUT2D eigenvalue weighted by atomic mass is 16.2. The first kappa shape index (κ1) is 17.9. The average Bonchev–Trinajstić information content (AvgIpc) is 3.20. The van der Waals surface area contributed by atoms with E-state index in [9.17, 15) is 9.59 Å². The van der Waals surface area contributed by atoms with E-state index in [0.717, 1.165) is 48.5 Å². The standard InChI is InChI=1S/C21H26N4O2/c1-14(26)24-10-6-8-16(24)20-19-17(11-21(2,3)12-18(19)27)25(23-20)13-15-7-4-5-9-22-15/h4-5,7,9,16H,6,8,10-13H2,1-3H3/t16-/m1/s1. The summed E-state index contributed by atoms with van der Waals surface area (Å²) in [5, 5.41) is 4.88. The summed E-state index contributed by atoms with van der Waals surface area (Å²) >= 11 is 0. The SMILES string of the molecule is CC(=O)N1CCC[C@@H]1c1nn(Cc2ccccn2)c2c1C(=O)CC(C)(C)C2. The number of hydrogen-bond donors (Lipinski definition) is 0. The lowest BCUT2D eigenvalue weighted by Crippen LogP contribution is -2.31. The summed E-state index contributed by atoms with van der Waals surface area (Å²) in [7, 11) is 0. The van der Waals surface area contributed by atoms with Crippen LogP contribution in [0.15, 0.2) is 24.4 Å². The number of rotatable bonds is 3. The van der Waals surface area contributed by atoms with Crippen LogP contribution < -0.4 is 0 Å². The largest absolute Gasteiger partial charge is 0.334 e. The Bertz CT molecular complexity index is 885. The number of carbonyl (C=O) groups excluding carboxylic acids is 2. The van der Waals surface area contributed by atoms with E-state index in [0.29, 0.717) is 13.0 Å². The third kappa shape index (κ3) is 3.29. The Morgan fingerprint density at radius 3 is 2.81 bits per heavy atom. The molecule has 0 unspecified atom stereocenters. The minimum absolute atomic E-state index is 0.0501. The van der Waals surface area contributed by atoms with E-state index >= 15 is 0 Å². The van der Waals surface area contributed by atoms with Crippen molar-refractivity contribution in [1.82, 2.24) is 19.7 Å². The number of hydrogen-bond acceptors (Lipinski definition) is 4. The van der Waals surface area contributed by atoms with Crippen LogP contribution in [-0.4, -0.2) is 37.9 Å². The second-order valence-corrected chi connectivity index (χ2v) is 8.50. The van der Waals surface area contributed by atoms with Crippen LogP contribution in [0.1, 0.15) is 73.5 Å². The zero-order valence-electron chi connectivity index (χ0n) is 16.2. The van der Waals surface area contributed by atoms with E-state index in [4.69, 9.17) is 5.10 Å². The molecular formula is C21H26N4O2. The predicted octanol–water partition coefficient (Wildman–Crippen LogP) is 3.16. The Kier molecular flexibility index (Phi) is 4.36. The van der Waals surface area contributed by atoms with Crippen molar-refractivity contribution in [2.45, 2.75) is 59.0 Å². The molecule has 1 saturated heterocycles. The van der Waals surface area contributed by atoms with Crippen molar-refractivity contribution >= 4 is 11.7 Å². The molecular weight excluding hydrogens is 340 g/mol. The second kappa shape index (κ2) is 6.59. The van der Waals surface area contributed by atoms with Crippen LogP contribution in [-0.2, 0) is 17.8 Å². The number of amides is 1. The lowest BCUT2D eigenvalue weighted by Gasteiger charge is -2.30. The molecule has 0 spiro atoms. The summed E-state index contributed by atoms with van der Waals surface area (Å²) in [6.45, 7) is 7.13. The van der Waals surface area contributed by atoms with Gasteiger partial charge >= 0.3 is 0 Å². The molecule has 6 heteroatoms. The number of carbonyl (C=O) groups is 2. The van der Waals surface area contributed by atoms with Crippen molar-refractivity contribution < 1.29 is 9.59 Å². The Morgan fingerprint density at radius 1 is 1.30 bits per heavy atom. The van der Waals surface area contributed by atoms with E-state index < -0.39 is 0 Å². The van der Waals surface area contributed by atoms with E-state index in [1.54, 1.807) is 13.1 Å². The van der Waals surface area contributed by atoms with Gasteiger partial charge in [-0.15, -0.1) is 0 Å². The van der Waals surface area contributed by atoms with Gasteiger partial charge in [-0.3, -0.25) is 19.3 Å². The molecule has 1 aliphatic carbocycles. The van der Waals surface area contributed by atoms with Gasteiger partial charge in [0.2, 0.25) is 5.91 Å². The maximum absolute atomic E-state index is 13.0. The molecule has 0 N–H and O–H groups in total. The van der Waals surface area contributed by atoms with Gasteiger partial charge in [-0.25, -0.2) is 0 Å². The summed E-state index contributed by atoms with van der Waals surface area (Å²) in [4.78, 5) is 31.4. The number of fused-ring (bicyclic) bond motifs is 1. The normalized spacial score (nSPS) is 21.4. The lowest BCUT2D eigenvalue weighted by atomic mass is 9.75. The molecule has 2 aromatic heterocycles. The van der Waals surface area contributed by atoms with E-state index in [1.807, 2.05) is 27.8 Å². The minimum Gasteiger partial charge on any atom is -0.334 e. The Balaban J connectivity index is 1.81. The third-order valence-electron chi connectivity index (χ3n) is 5.66. The molecule has 0 radical (unpaired) electrons. The summed E-state index contributed by atoms with van der Waals surface area (Å²) in [5.74, 6) is 0.202. The van der Waals surface area contributed by atoms with Crippen molar-refractivity contribution in [3.05, 3.63) is 47.0 Å². The van der Waals surface area contributed by atoms with Crippen LogP contribution in [0.4, 0.5) is 0 Å². The number of ketones is 1. The first-order valence-electron chi connectivity index (χ1n) is 9.65. The van der Waals surface area contributed by atoms with Gasteiger partial charge in [0.25, 0.3) is 0 Å². The fourth-order valence-electron chi connectivity index (χ4n) is 4.48. The molecule has 0 bridgehead atoms. The van der Waals surface area contributed by atoms with Crippen LogP contribution >= 0.6 is 0 Å². The Morgan fingerprint density at radius 2 is 2.11 bits per heavy atom. The summed E-state index contributed by atoms with van der Waals surface area (Å²) in [5.41, 5.74) is 3.36. The molecule has 0 saturated carbocycles. The monoisotopic (exact) mass is 366 g/mol. The van der Waals surface area contributed by atoms with Gasteiger partial charge in [0.1, 0.15) is 0 Å². The summed E-state index contributed by atoms with van der Waals surface area (Å²) in [6, 6.07) is 5.74. The van der Waals surface area contributed by atoms with Crippen LogP contribution in [0.5, 0.6) is 0 Å². The minimum atomic E-state index is -0.0913. The maximum Gasteiger partial charge on any atom is 0.220 e. The number of Topliss-reactive ketones (excluding diaryl/α,β-unsaturated/α-hetero) is 1. The molecule has 0 aromatic carbocycles. The molecule has 6 nitrogen and oxygen atoms in total. The summed E-state index contributed by atoms with van der Waals surface area (Å²) in [6.07, 6.45) is 4.92. The smallest absolute Gasteiger partial charge is 0.220 e. The molecule has 142 valence electrons. The molecule has 1 aliphatic heterocycles. The van der Waals surface area contributed by atoms with Crippen LogP contribution in [0.2, 0.25) is 0 Å². The lowest BCUT2D eigenvalue weighted by molar-refractivity contribution is -0.129. The molecule has 2 aliphatic rings. The number of likely N-dealkylation sites (tertiary alicyclic amines) is 1. The number of nitrogens with zero attached hydrogens (tertiary/aromatic N) is 4. The average molecular weight is 366 g/mol. The van der Waals surface area contributed by atoms with Crippen molar-refractivity contribution in [2.75, 3.05) is 6.54 Å². The van der Waals surface area contributed by atoms with Crippen LogP contribution in [0, 0.1) is 5.41 Å². The van der Waals surface area contributed by atoms with Gasteiger partial charge < -0.3 is 4.90 Å². The highest BCUT2D eigenvalue weighted by Gasteiger charge is 2.40. The van der Waals surface area contributed by atoms with Crippen molar-refractivity contribution in [3.63, 3.8) is 0 Å². The van der Waals surface area contributed by atoms with Crippen LogP contribution in [0.3, 0.4) is 0 Å². The fourth-order valence-corrected chi connectivity index (χ4v) is 4.48. The van der Waals surface area contributed by atoms with Gasteiger partial charge in [0.05, 0.1) is 35.2 Å². The van der Waals surface area contributed by atoms with Crippen molar-refractivity contribution in [1.29, 1.82) is 0 Å². The quantitative estimate of drug-likeness (QED) is 0.837. The number of pyridine rings is 1. The maximum atomic E-state index is 13.0. The fraction of sp³-hybridized carbons (Fsp3) is 0.524. The summed E-state index contributed by atoms with van der Waals surface area (Å²) < 4.78 is 1.95. The van der Waals surface area contributed by atoms with Gasteiger partial charge in [-0.2, -0.15) is 5.10 Å². The molecule has 3 heterocycles. The van der Waals surface area contributed by atoms with E-state index in [-0.39, 0.29) is 23.1 Å². The molecule has 1 fully saturated rings. The third-order valence-corrected chi connectivity index (χ3v) is 5.66. The van der Waals surface area contributed by atoms with Crippen LogP contribution in [0.25, 0.3) is 0 Å². The molecule has 4 rings (SSSR count). The van der Waals surface area contributed by atoms with E-state index in [1.165, 1.54) is 0 Å². The molecule has 1 atom stereocenters. The Labute approximate surface area is 159 Å². The van der Waals surface area contributed by atoms with Gasteiger partial charge in [0.15, 0.2) is 5.78 Å². The highest BCUT2D eigenvalue weighted by molar-refractivity contribution is 6.00. The molecule has 1 amide bonds. The first-order chi connectivity index (χ1) is 12.9. The Hall–Kier alpha value is -2.50.